The van der Waals surface area contributed by atoms with Gasteiger partial charge in [0, 0.05) is 22.5 Å². The van der Waals surface area contributed by atoms with Crippen LogP contribution in [-0.2, 0) is 6.42 Å². The van der Waals surface area contributed by atoms with Crippen LogP contribution in [-0.4, -0.2) is 23.4 Å². The average molecular weight is 459 g/mol. The smallest absolute Gasteiger partial charge is 0.147 e. The van der Waals surface area contributed by atoms with Gasteiger partial charge in [0.1, 0.15) is 17.2 Å². The van der Waals surface area contributed by atoms with Gasteiger partial charge in [-0.3, -0.25) is 4.99 Å². The number of H-pyrrole nitrogens is 1. The Hall–Kier alpha value is -3.25. The summed E-state index contributed by atoms with van der Waals surface area (Å²) in [4.78, 5) is 10.3. The van der Waals surface area contributed by atoms with Crippen molar-refractivity contribution < 1.29 is 4.39 Å². The maximum Gasteiger partial charge on any atom is 0.147 e. The third-order valence-corrected chi connectivity index (χ3v) is 7.53. The van der Waals surface area contributed by atoms with E-state index < -0.39 is 0 Å². The predicted octanol–water partition coefficient (Wildman–Crippen LogP) is 5.96. The van der Waals surface area contributed by atoms with E-state index >= 15 is 0 Å². The van der Waals surface area contributed by atoms with Gasteiger partial charge in [-0.15, -0.1) is 0 Å². The molecule has 3 aromatic rings. The van der Waals surface area contributed by atoms with Crippen molar-refractivity contribution in [3.63, 3.8) is 0 Å². The van der Waals surface area contributed by atoms with Crippen molar-refractivity contribution >= 4 is 35.1 Å². The molecule has 2 aliphatic rings. The molecular weight excluding hydrogens is 431 g/mol. The number of aliphatic imine (C=N–C) groups is 1. The van der Waals surface area contributed by atoms with Crippen LogP contribution in [0, 0.1) is 19.7 Å². The minimum Gasteiger partial charge on any atom is -0.371 e. The molecule has 3 N–H and O–H groups in total. The second kappa shape index (κ2) is 8.60. The van der Waals surface area contributed by atoms with Crippen molar-refractivity contribution in [2.75, 3.05) is 6.54 Å². The summed E-state index contributed by atoms with van der Waals surface area (Å²) in [6, 6.07) is 13.7. The highest BCUT2D eigenvalue weighted by Crippen LogP contribution is 2.47. The quantitative estimate of drug-likeness (QED) is 0.427. The van der Waals surface area contributed by atoms with Crippen LogP contribution in [0.1, 0.15) is 29.3 Å². The van der Waals surface area contributed by atoms with Crippen LogP contribution in [0.25, 0.3) is 17.0 Å². The summed E-state index contributed by atoms with van der Waals surface area (Å²) in [6.07, 6.45) is 9.05. The molecule has 2 aliphatic heterocycles. The summed E-state index contributed by atoms with van der Waals surface area (Å²) in [5.74, 6) is 0.783. The first-order valence-corrected chi connectivity index (χ1v) is 12.0. The largest absolute Gasteiger partial charge is 0.371 e. The van der Waals surface area contributed by atoms with Crippen molar-refractivity contribution in [2.24, 2.45) is 4.99 Å². The van der Waals surface area contributed by atoms with Gasteiger partial charge < -0.3 is 15.6 Å². The molecule has 0 radical (unpaired) electrons. The van der Waals surface area contributed by atoms with Gasteiger partial charge >= 0.3 is 0 Å². The lowest BCUT2D eigenvalue weighted by Gasteiger charge is -2.27. The summed E-state index contributed by atoms with van der Waals surface area (Å²) >= 11 is 1.74. The zero-order chi connectivity index (χ0) is 23.0. The highest BCUT2D eigenvalue weighted by molar-refractivity contribution is 8.07. The molecule has 0 aliphatic carbocycles. The lowest BCUT2D eigenvalue weighted by Crippen LogP contribution is -2.37. The van der Waals surface area contributed by atoms with Crippen molar-refractivity contribution in [1.82, 2.24) is 15.6 Å². The molecule has 0 saturated carbocycles. The van der Waals surface area contributed by atoms with E-state index in [1.807, 2.05) is 38.1 Å². The van der Waals surface area contributed by atoms with Crippen molar-refractivity contribution in [2.45, 2.75) is 32.7 Å². The molecule has 3 heterocycles. The Labute approximate surface area is 197 Å². The fourth-order valence-electron chi connectivity index (χ4n) is 4.51. The van der Waals surface area contributed by atoms with E-state index in [2.05, 4.69) is 52.9 Å². The van der Waals surface area contributed by atoms with Gasteiger partial charge in [0.2, 0.25) is 0 Å². The highest BCUT2D eigenvalue weighted by Gasteiger charge is 2.37. The van der Waals surface area contributed by atoms with E-state index in [1.165, 1.54) is 16.5 Å². The third kappa shape index (κ3) is 4.11. The number of nitrogens with one attached hydrogen (secondary N) is 3. The fourth-order valence-corrected chi connectivity index (χ4v) is 5.73. The number of halogens is 1. The number of benzene rings is 2. The van der Waals surface area contributed by atoms with Crippen molar-refractivity contribution in [3.8, 4) is 0 Å². The van der Waals surface area contributed by atoms with Crippen LogP contribution >= 0.6 is 11.8 Å². The molecule has 168 valence electrons. The van der Waals surface area contributed by atoms with E-state index in [4.69, 9.17) is 4.99 Å². The van der Waals surface area contributed by atoms with Gasteiger partial charge in [0.25, 0.3) is 0 Å². The zero-order valence-corrected chi connectivity index (χ0v) is 19.8. The van der Waals surface area contributed by atoms with Gasteiger partial charge in [-0.1, -0.05) is 54.2 Å². The molecular formula is C27H27FN4S. The number of aryl methyl sites for hydroxylation is 2. The van der Waals surface area contributed by atoms with E-state index in [0.717, 1.165) is 45.9 Å². The molecule has 1 atom stereocenters. The minimum atomic E-state index is -0.370. The van der Waals surface area contributed by atoms with Gasteiger partial charge in [0.15, 0.2) is 0 Å². The van der Waals surface area contributed by atoms with Crippen LogP contribution < -0.4 is 10.6 Å². The third-order valence-electron chi connectivity index (χ3n) is 6.22. The van der Waals surface area contributed by atoms with E-state index in [-0.39, 0.29) is 11.4 Å². The molecule has 6 heteroatoms. The van der Waals surface area contributed by atoms with E-state index in [0.29, 0.717) is 5.52 Å². The Morgan fingerprint density at radius 1 is 1.12 bits per heavy atom. The molecule has 1 unspecified atom stereocenters. The molecule has 0 saturated heterocycles. The van der Waals surface area contributed by atoms with Gasteiger partial charge in [-0.05, 0) is 62.1 Å². The minimum absolute atomic E-state index is 0.201. The van der Waals surface area contributed by atoms with Crippen LogP contribution in [0.3, 0.4) is 0 Å². The van der Waals surface area contributed by atoms with Crippen LogP contribution in [0.2, 0.25) is 0 Å². The summed E-state index contributed by atoms with van der Waals surface area (Å²) in [5, 5.41) is 7.86. The number of rotatable bonds is 6. The molecule has 0 spiro atoms. The summed E-state index contributed by atoms with van der Waals surface area (Å²) < 4.78 is 14.3. The fraction of sp³-hybridized carbons (Fsp3) is 0.222. The summed E-state index contributed by atoms with van der Waals surface area (Å²) in [5.41, 5.74) is 4.68. The lowest BCUT2D eigenvalue weighted by atomic mass is 10.0. The first-order chi connectivity index (χ1) is 15.9. The molecule has 33 heavy (non-hydrogen) atoms. The normalized spacial score (nSPS) is 19.8. The Bertz CT molecular complexity index is 1330. The number of allylic oxidation sites excluding steroid dienone is 1. The predicted molar refractivity (Wildman–Crippen MR) is 138 cm³/mol. The van der Waals surface area contributed by atoms with E-state index in [1.54, 1.807) is 18.1 Å². The topological polar surface area (TPSA) is 52.2 Å². The maximum atomic E-state index is 14.3. The van der Waals surface area contributed by atoms with Gasteiger partial charge in [-0.25, -0.2) is 4.39 Å². The molecule has 2 aromatic carbocycles. The summed E-state index contributed by atoms with van der Waals surface area (Å²) in [6.45, 7) is 6.91. The number of hydrogen-bond donors (Lipinski definition) is 3. The summed E-state index contributed by atoms with van der Waals surface area (Å²) in [7, 11) is 0. The number of hydrogen-bond acceptors (Lipinski definition) is 4. The number of nitrogens with zero attached hydrogens (tertiary/aromatic N) is 1. The Morgan fingerprint density at radius 2 is 1.94 bits per heavy atom. The highest BCUT2D eigenvalue weighted by atomic mass is 32.2. The number of aromatic amines is 1. The monoisotopic (exact) mass is 458 g/mol. The lowest BCUT2D eigenvalue weighted by molar-refractivity contribution is 0.637. The first-order valence-electron chi connectivity index (χ1n) is 11.1. The molecule has 1 aromatic heterocycles. The molecule has 0 amide bonds. The molecule has 5 rings (SSSR count). The number of fused-ring (bicyclic) bond motifs is 2. The van der Waals surface area contributed by atoms with Crippen molar-refractivity contribution in [1.29, 1.82) is 0 Å². The Balaban J connectivity index is 1.32. The second-order valence-corrected chi connectivity index (χ2v) is 9.75. The Kier molecular flexibility index (Phi) is 5.62. The van der Waals surface area contributed by atoms with Crippen LogP contribution in [0.5, 0.6) is 0 Å². The van der Waals surface area contributed by atoms with Crippen LogP contribution in [0.15, 0.2) is 75.2 Å². The number of aromatic nitrogens is 1. The standard InChI is InChI=1S/C27H27FN4S/c1-17-9-12-22(28)24-23(17)21(18(2)32-24)13-14-29-26-25-27(3,31-16-30-26)15-20(33-25)11-10-19-7-5-4-6-8-19/h4-12,15-16,29,32H,13-14H2,1-3H3,(H,30,31)/b11-10+. The molecule has 0 fully saturated rings. The van der Waals surface area contributed by atoms with Gasteiger partial charge in [-0.2, -0.15) is 0 Å². The van der Waals surface area contributed by atoms with Crippen LogP contribution in [0.4, 0.5) is 4.39 Å². The first kappa shape index (κ1) is 21.6. The number of thioether (sulfide) groups is 1. The molecule has 4 nitrogen and oxygen atoms in total. The van der Waals surface area contributed by atoms with E-state index in [9.17, 15) is 4.39 Å². The van der Waals surface area contributed by atoms with Crippen molar-refractivity contribution in [3.05, 3.63) is 98.4 Å². The Morgan fingerprint density at radius 3 is 2.76 bits per heavy atom. The zero-order valence-electron chi connectivity index (χ0n) is 19.0. The second-order valence-electron chi connectivity index (χ2n) is 8.67. The van der Waals surface area contributed by atoms with Gasteiger partial charge in [0.05, 0.1) is 16.8 Å². The average Bonchev–Trinajstić information content (AvgIpc) is 3.33. The SMILES string of the molecule is Cc1[nH]c2c(F)ccc(C)c2c1CCNC1=C2SC(/C=C/c3ccccc3)=CC2(C)N=CN1. The maximum absolute atomic E-state index is 14.3. The molecule has 0 bridgehead atoms.